The fourth-order valence-corrected chi connectivity index (χ4v) is 2.74. The monoisotopic (exact) mass is 397 g/mol. The summed E-state index contributed by atoms with van der Waals surface area (Å²) in [5.74, 6) is -1.12. The van der Waals surface area contributed by atoms with Crippen LogP contribution in [-0.2, 0) is 0 Å². The van der Waals surface area contributed by atoms with Gasteiger partial charge in [-0.15, -0.1) is 0 Å². The Morgan fingerprint density at radius 3 is 2.19 bits per heavy atom. The van der Waals surface area contributed by atoms with Crippen molar-refractivity contribution in [1.29, 1.82) is 0 Å². The Hall–Kier alpha value is -3.02. The minimum atomic E-state index is -1.12. The lowest BCUT2D eigenvalue weighted by Gasteiger charge is -2.04. The summed E-state index contributed by atoms with van der Waals surface area (Å²) in [6, 6.07) is 18.8. The van der Waals surface area contributed by atoms with Gasteiger partial charge in [-0.05, 0) is 42.5 Å². The molecule has 27 heavy (non-hydrogen) atoms. The molecule has 0 aliphatic carbocycles. The molecule has 0 saturated carbocycles. The van der Waals surface area contributed by atoms with Crippen molar-refractivity contribution in [1.82, 2.24) is 0 Å². The van der Waals surface area contributed by atoms with Gasteiger partial charge in [-0.1, -0.05) is 47.5 Å². The zero-order chi connectivity index (χ0) is 19.2. The summed E-state index contributed by atoms with van der Waals surface area (Å²) in [6.45, 7) is 0. The van der Waals surface area contributed by atoms with Crippen LogP contribution in [-0.4, -0.2) is 17.3 Å². The molecule has 0 spiro atoms. The molecule has 1 N–H and O–H groups in total. The Morgan fingerprint density at radius 2 is 1.52 bits per heavy atom. The minimum absolute atomic E-state index is 0.000984. The first-order chi connectivity index (χ1) is 13.0. The number of carboxylic acids is 1. The number of nitrogens with zero attached hydrogens (tertiary/aromatic N) is 3. The molecule has 134 valence electrons. The Balaban J connectivity index is 1.91. The van der Waals surface area contributed by atoms with Gasteiger partial charge < -0.3 is 5.11 Å². The van der Waals surface area contributed by atoms with Gasteiger partial charge in [0.25, 0.3) is 0 Å². The molecule has 0 amide bonds. The summed E-state index contributed by atoms with van der Waals surface area (Å²) < 4.78 is 0. The van der Waals surface area contributed by atoms with Gasteiger partial charge in [0, 0.05) is 11.8 Å². The van der Waals surface area contributed by atoms with Gasteiger partial charge >= 0.3 is 5.97 Å². The summed E-state index contributed by atoms with van der Waals surface area (Å²) in [5.41, 5.74) is 1.86. The van der Waals surface area contributed by atoms with Crippen LogP contribution in [0.5, 0.6) is 0 Å². The van der Waals surface area contributed by atoms with E-state index in [0.717, 1.165) is 0 Å². The number of carboxylic acid groups (broad SMARTS) is 1. The number of aromatic carboxylic acids is 1. The molecule has 0 saturated heterocycles. The first kappa shape index (κ1) is 18.8. The topological polar surface area (TPSA) is 74.4 Å². The molecule has 7 heteroatoms. The number of benzene rings is 3. The Labute approximate surface area is 165 Å². The number of halogens is 2. The zero-order valence-corrected chi connectivity index (χ0v) is 15.4. The van der Waals surface area contributed by atoms with Gasteiger partial charge in [-0.25, -0.2) is 4.79 Å². The van der Waals surface area contributed by atoms with Crippen LogP contribution in [0.1, 0.15) is 15.9 Å². The fourth-order valence-electron chi connectivity index (χ4n) is 2.25. The van der Waals surface area contributed by atoms with Crippen molar-refractivity contribution in [2.75, 3.05) is 0 Å². The third kappa shape index (κ3) is 4.78. The highest BCUT2D eigenvalue weighted by atomic mass is 35.5. The zero-order valence-electron chi connectivity index (χ0n) is 13.9. The second-order valence-corrected chi connectivity index (χ2v) is 6.25. The van der Waals surface area contributed by atoms with Crippen molar-refractivity contribution in [2.24, 2.45) is 15.2 Å². The number of aliphatic imine (C=N–C) groups is 1. The maximum atomic E-state index is 11.6. The third-order valence-corrected chi connectivity index (χ3v) is 4.24. The number of hydrogen-bond acceptors (Lipinski definition) is 4. The third-order valence-electron chi connectivity index (χ3n) is 3.58. The van der Waals surface area contributed by atoms with Crippen LogP contribution in [0, 0.1) is 0 Å². The van der Waals surface area contributed by atoms with Crippen molar-refractivity contribution in [3.63, 3.8) is 0 Å². The normalized spacial score (nSPS) is 11.3. The van der Waals surface area contributed by atoms with E-state index in [2.05, 4.69) is 15.2 Å². The van der Waals surface area contributed by atoms with Crippen LogP contribution in [0.2, 0.25) is 10.0 Å². The summed E-state index contributed by atoms with van der Waals surface area (Å²) in [7, 11) is 0. The smallest absolute Gasteiger partial charge is 0.337 e. The van der Waals surface area contributed by atoms with E-state index >= 15 is 0 Å². The van der Waals surface area contributed by atoms with Gasteiger partial charge in [0.2, 0.25) is 0 Å². The van der Waals surface area contributed by atoms with Crippen molar-refractivity contribution < 1.29 is 9.90 Å². The number of hydrogen-bond donors (Lipinski definition) is 1. The summed E-state index contributed by atoms with van der Waals surface area (Å²) in [6.07, 6.45) is 1.44. The lowest BCUT2D eigenvalue weighted by molar-refractivity contribution is 0.0698. The molecule has 0 aliphatic rings. The predicted molar refractivity (Wildman–Crippen MR) is 108 cm³/mol. The second-order valence-electron chi connectivity index (χ2n) is 5.44. The van der Waals surface area contributed by atoms with Crippen molar-refractivity contribution >= 4 is 52.4 Å². The molecule has 0 fully saturated rings. The molecule has 0 radical (unpaired) electrons. The van der Waals surface area contributed by atoms with Crippen molar-refractivity contribution in [3.05, 3.63) is 87.9 Å². The molecule has 0 unspecified atom stereocenters. The Bertz CT molecular complexity index is 1010. The molecule has 3 rings (SSSR count). The van der Waals surface area contributed by atoms with Crippen LogP contribution in [0.25, 0.3) is 0 Å². The second kappa shape index (κ2) is 8.58. The van der Waals surface area contributed by atoms with Crippen LogP contribution < -0.4 is 0 Å². The first-order valence-electron chi connectivity index (χ1n) is 7.87. The van der Waals surface area contributed by atoms with Gasteiger partial charge in [0.1, 0.15) is 0 Å². The Morgan fingerprint density at radius 1 is 0.852 bits per heavy atom. The lowest BCUT2D eigenvalue weighted by atomic mass is 10.1. The predicted octanol–water partition coefficient (Wildman–Crippen LogP) is 6.86. The lowest BCUT2D eigenvalue weighted by Crippen LogP contribution is -1.96. The maximum Gasteiger partial charge on any atom is 0.337 e. The maximum absolute atomic E-state index is 11.6. The van der Waals surface area contributed by atoms with Crippen molar-refractivity contribution in [3.8, 4) is 0 Å². The standard InChI is InChI=1S/C20H13Cl2N3O2/c21-17-7-4-8-18(22)16(17)12-23-19-10-9-14(11-15(19)20(26)27)25-24-13-5-2-1-3-6-13/h1-12H,(H,26,27). The van der Waals surface area contributed by atoms with E-state index in [1.165, 1.54) is 12.3 Å². The average molecular weight is 398 g/mol. The highest BCUT2D eigenvalue weighted by Crippen LogP contribution is 2.28. The molecule has 3 aromatic carbocycles. The van der Waals surface area contributed by atoms with Gasteiger partial charge in [0.15, 0.2) is 0 Å². The highest BCUT2D eigenvalue weighted by Gasteiger charge is 2.11. The van der Waals surface area contributed by atoms with Crippen LogP contribution in [0.3, 0.4) is 0 Å². The highest BCUT2D eigenvalue weighted by molar-refractivity contribution is 6.38. The molecule has 0 heterocycles. The molecular formula is C20H13Cl2N3O2. The molecule has 0 atom stereocenters. The van der Waals surface area contributed by atoms with E-state index in [4.69, 9.17) is 23.2 Å². The summed E-state index contributed by atoms with van der Waals surface area (Å²) in [4.78, 5) is 15.8. The molecule has 5 nitrogen and oxygen atoms in total. The molecular weight excluding hydrogens is 385 g/mol. The van der Waals surface area contributed by atoms with E-state index in [1.807, 2.05) is 18.2 Å². The number of carbonyl (C=O) groups is 1. The van der Waals surface area contributed by atoms with Gasteiger partial charge in [0.05, 0.1) is 32.7 Å². The van der Waals surface area contributed by atoms with E-state index in [0.29, 0.717) is 27.0 Å². The van der Waals surface area contributed by atoms with Gasteiger partial charge in [-0.2, -0.15) is 10.2 Å². The fraction of sp³-hybridized carbons (Fsp3) is 0. The van der Waals surface area contributed by atoms with Crippen molar-refractivity contribution in [2.45, 2.75) is 0 Å². The number of rotatable bonds is 5. The van der Waals surface area contributed by atoms with E-state index in [-0.39, 0.29) is 11.3 Å². The SMILES string of the molecule is O=C(O)c1cc(N=Nc2ccccc2)ccc1N=Cc1c(Cl)cccc1Cl. The van der Waals surface area contributed by atoms with Crippen LogP contribution >= 0.6 is 23.2 Å². The summed E-state index contributed by atoms with van der Waals surface area (Å²) in [5, 5.41) is 18.5. The molecule has 0 aromatic heterocycles. The molecule has 0 aliphatic heterocycles. The van der Waals surface area contributed by atoms with E-state index < -0.39 is 5.97 Å². The van der Waals surface area contributed by atoms with Crippen LogP contribution in [0.4, 0.5) is 17.1 Å². The summed E-state index contributed by atoms with van der Waals surface area (Å²) >= 11 is 12.2. The number of azo groups is 1. The quantitative estimate of drug-likeness (QED) is 0.377. The minimum Gasteiger partial charge on any atom is -0.478 e. The van der Waals surface area contributed by atoms with Crippen LogP contribution in [0.15, 0.2) is 82.0 Å². The first-order valence-corrected chi connectivity index (χ1v) is 8.62. The molecule has 3 aromatic rings. The molecule has 0 bridgehead atoms. The van der Waals surface area contributed by atoms with Gasteiger partial charge in [-0.3, -0.25) is 4.99 Å². The largest absolute Gasteiger partial charge is 0.478 e. The van der Waals surface area contributed by atoms with E-state index in [1.54, 1.807) is 42.5 Å². The Kier molecular flexibility index (Phi) is 5.96. The average Bonchev–Trinajstić information content (AvgIpc) is 2.67. The van der Waals surface area contributed by atoms with E-state index in [9.17, 15) is 9.90 Å².